The molecule has 0 fully saturated rings. The number of para-hydroxylation sites is 1. The number of benzene rings is 1. The zero-order chi connectivity index (χ0) is 15.9. The van der Waals surface area contributed by atoms with E-state index in [9.17, 15) is 9.59 Å². The summed E-state index contributed by atoms with van der Waals surface area (Å²) in [6.45, 7) is 0. The van der Waals surface area contributed by atoms with Crippen molar-refractivity contribution in [2.24, 2.45) is 0 Å². The van der Waals surface area contributed by atoms with Gasteiger partial charge in [0.05, 0.1) is 26.6 Å². The second-order valence-corrected chi connectivity index (χ2v) is 4.22. The van der Waals surface area contributed by atoms with E-state index in [-0.39, 0.29) is 5.70 Å². The van der Waals surface area contributed by atoms with Crippen LogP contribution in [0.5, 0.6) is 0 Å². The fraction of sp³-hybridized carbons (Fsp3) is 0.125. The fourth-order valence-corrected chi connectivity index (χ4v) is 1.82. The molecule has 0 aliphatic carbocycles. The third-order valence-corrected chi connectivity index (χ3v) is 2.85. The molecule has 0 bridgehead atoms. The monoisotopic (exact) mass is 301 g/mol. The van der Waals surface area contributed by atoms with Gasteiger partial charge in [0, 0.05) is 11.3 Å². The van der Waals surface area contributed by atoms with Gasteiger partial charge in [0.2, 0.25) is 0 Å². The predicted molar refractivity (Wildman–Crippen MR) is 79.9 cm³/mol. The Labute approximate surface area is 127 Å². The van der Waals surface area contributed by atoms with Crippen LogP contribution in [0.15, 0.2) is 58.9 Å². The Morgan fingerprint density at radius 3 is 2.50 bits per heavy atom. The van der Waals surface area contributed by atoms with Gasteiger partial charge in [-0.15, -0.1) is 0 Å². The molecular weight excluding hydrogens is 286 g/mol. The minimum absolute atomic E-state index is 0.0339. The van der Waals surface area contributed by atoms with Crippen molar-refractivity contribution in [3.63, 3.8) is 0 Å². The van der Waals surface area contributed by atoms with E-state index in [1.165, 1.54) is 14.2 Å². The largest absolute Gasteiger partial charge is 0.466 e. The maximum Gasteiger partial charge on any atom is 0.354 e. The molecule has 22 heavy (non-hydrogen) atoms. The van der Waals surface area contributed by atoms with Gasteiger partial charge in [-0.05, 0) is 24.3 Å². The first kappa shape index (κ1) is 15.4. The zero-order valence-electron chi connectivity index (χ0n) is 12.2. The van der Waals surface area contributed by atoms with Crippen LogP contribution in [0.2, 0.25) is 0 Å². The average molecular weight is 301 g/mol. The lowest BCUT2D eigenvalue weighted by Gasteiger charge is -2.12. The van der Waals surface area contributed by atoms with Crippen molar-refractivity contribution in [3.8, 4) is 11.3 Å². The Kier molecular flexibility index (Phi) is 4.98. The third kappa shape index (κ3) is 3.54. The van der Waals surface area contributed by atoms with Crippen LogP contribution in [0.1, 0.15) is 0 Å². The Bertz CT molecular complexity index is 688. The van der Waals surface area contributed by atoms with Crippen molar-refractivity contribution in [2.45, 2.75) is 0 Å². The lowest BCUT2D eigenvalue weighted by Crippen LogP contribution is -2.15. The second kappa shape index (κ2) is 7.12. The number of furan rings is 1. The molecule has 1 N–H and O–H groups in total. The van der Waals surface area contributed by atoms with Crippen LogP contribution in [0.3, 0.4) is 0 Å². The summed E-state index contributed by atoms with van der Waals surface area (Å²) in [7, 11) is 2.46. The van der Waals surface area contributed by atoms with Crippen molar-refractivity contribution in [3.05, 3.63) is 54.4 Å². The predicted octanol–water partition coefficient (Wildman–Crippen LogP) is 2.59. The van der Waals surface area contributed by atoms with Crippen molar-refractivity contribution in [2.75, 3.05) is 19.5 Å². The van der Waals surface area contributed by atoms with Crippen LogP contribution in [0, 0.1) is 0 Å². The Morgan fingerprint density at radius 1 is 1.09 bits per heavy atom. The Morgan fingerprint density at radius 2 is 1.86 bits per heavy atom. The SMILES string of the molecule is COC(=O)/C=C(/Nc1ccccc1-c1ccco1)C(=O)OC. The van der Waals surface area contributed by atoms with Gasteiger partial charge in [0.25, 0.3) is 0 Å². The number of nitrogens with one attached hydrogen (secondary N) is 1. The number of methoxy groups -OCH3 is 2. The molecule has 0 atom stereocenters. The maximum atomic E-state index is 11.8. The molecule has 0 aliphatic rings. The number of ether oxygens (including phenoxy) is 2. The third-order valence-electron chi connectivity index (χ3n) is 2.85. The number of esters is 2. The molecule has 0 unspecified atom stereocenters. The molecule has 0 saturated heterocycles. The fourth-order valence-electron chi connectivity index (χ4n) is 1.82. The van der Waals surface area contributed by atoms with E-state index in [4.69, 9.17) is 4.42 Å². The van der Waals surface area contributed by atoms with Gasteiger partial charge in [-0.3, -0.25) is 0 Å². The van der Waals surface area contributed by atoms with E-state index in [1.54, 1.807) is 30.5 Å². The molecule has 0 radical (unpaired) electrons. The first-order valence-corrected chi connectivity index (χ1v) is 6.43. The Balaban J connectivity index is 2.37. The van der Waals surface area contributed by atoms with Gasteiger partial charge >= 0.3 is 11.9 Å². The minimum atomic E-state index is -0.681. The smallest absolute Gasteiger partial charge is 0.354 e. The van der Waals surface area contributed by atoms with Crippen LogP contribution >= 0.6 is 0 Å². The summed E-state index contributed by atoms with van der Waals surface area (Å²) in [6, 6.07) is 10.8. The van der Waals surface area contributed by atoms with Gasteiger partial charge in [0.15, 0.2) is 0 Å². The quantitative estimate of drug-likeness (QED) is 0.675. The average Bonchev–Trinajstić information content (AvgIpc) is 3.08. The molecule has 0 amide bonds. The molecule has 6 nitrogen and oxygen atoms in total. The Hall–Kier alpha value is -3.02. The maximum absolute atomic E-state index is 11.8. The summed E-state index contributed by atoms with van der Waals surface area (Å²) in [5, 5.41) is 2.88. The molecule has 6 heteroatoms. The number of anilines is 1. The molecule has 1 aromatic heterocycles. The highest BCUT2D eigenvalue weighted by atomic mass is 16.5. The molecule has 0 saturated carbocycles. The van der Waals surface area contributed by atoms with E-state index in [0.717, 1.165) is 11.6 Å². The van der Waals surface area contributed by atoms with Crippen LogP contribution in [-0.4, -0.2) is 26.2 Å². The van der Waals surface area contributed by atoms with Gasteiger partial charge < -0.3 is 19.2 Å². The van der Waals surface area contributed by atoms with Crippen LogP contribution in [0.4, 0.5) is 5.69 Å². The van der Waals surface area contributed by atoms with Crippen molar-refractivity contribution in [1.29, 1.82) is 0 Å². The lowest BCUT2D eigenvalue weighted by atomic mass is 10.1. The van der Waals surface area contributed by atoms with Gasteiger partial charge in [-0.1, -0.05) is 12.1 Å². The summed E-state index contributed by atoms with van der Waals surface area (Å²) in [6.07, 6.45) is 2.59. The summed E-state index contributed by atoms with van der Waals surface area (Å²) < 4.78 is 14.6. The number of carbonyl (C=O) groups is 2. The normalized spacial score (nSPS) is 10.9. The van der Waals surface area contributed by atoms with Gasteiger partial charge in [0.1, 0.15) is 11.5 Å². The summed E-state index contributed by atoms with van der Waals surface area (Å²) in [5.74, 6) is -0.714. The lowest BCUT2D eigenvalue weighted by molar-refractivity contribution is -0.138. The zero-order valence-corrected chi connectivity index (χ0v) is 12.2. The van der Waals surface area contributed by atoms with E-state index in [1.807, 2.05) is 12.1 Å². The molecule has 2 rings (SSSR count). The number of carbonyl (C=O) groups excluding carboxylic acids is 2. The topological polar surface area (TPSA) is 77.8 Å². The van der Waals surface area contributed by atoms with Crippen LogP contribution in [-0.2, 0) is 19.1 Å². The summed E-state index contributed by atoms with van der Waals surface area (Å²) >= 11 is 0. The number of hydrogen-bond acceptors (Lipinski definition) is 6. The van der Waals surface area contributed by atoms with Crippen LogP contribution in [0.25, 0.3) is 11.3 Å². The molecule has 114 valence electrons. The minimum Gasteiger partial charge on any atom is -0.466 e. The summed E-state index contributed by atoms with van der Waals surface area (Å²) in [5.41, 5.74) is 1.30. The molecule has 0 spiro atoms. The molecule has 1 aromatic carbocycles. The van der Waals surface area contributed by atoms with E-state index in [0.29, 0.717) is 11.4 Å². The first-order valence-electron chi connectivity index (χ1n) is 6.43. The second-order valence-electron chi connectivity index (χ2n) is 4.22. The summed E-state index contributed by atoms with van der Waals surface area (Å²) in [4.78, 5) is 23.2. The van der Waals surface area contributed by atoms with Gasteiger partial charge in [-0.2, -0.15) is 0 Å². The highest BCUT2D eigenvalue weighted by Crippen LogP contribution is 2.29. The van der Waals surface area contributed by atoms with Crippen molar-refractivity contribution < 1.29 is 23.5 Å². The molecule has 1 heterocycles. The van der Waals surface area contributed by atoms with Gasteiger partial charge in [-0.25, -0.2) is 9.59 Å². The number of hydrogen-bond donors (Lipinski definition) is 1. The van der Waals surface area contributed by atoms with Crippen molar-refractivity contribution in [1.82, 2.24) is 0 Å². The van der Waals surface area contributed by atoms with E-state index in [2.05, 4.69) is 14.8 Å². The highest BCUT2D eigenvalue weighted by Gasteiger charge is 2.15. The van der Waals surface area contributed by atoms with Crippen LogP contribution < -0.4 is 5.32 Å². The van der Waals surface area contributed by atoms with E-state index >= 15 is 0 Å². The standard InChI is InChI=1S/C16H15NO5/c1-20-15(18)10-13(16(19)21-2)17-12-7-4-3-6-11(12)14-8-5-9-22-14/h3-10,17H,1-2H3/b13-10+. The highest BCUT2D eigenvalue weighted by molar-refractivity contribution is 5.99. The van der Waals surface area contributed by atoms with E-state index < -0.39 is 11.9 Å². The number of rotatable bonds is 5. The molecular formula is C16H15NO5. The molecule has 2 aromatic rings. The first-order chi connectivity index (χ1) is 10.7. The van der Waals surface area contributed by atoms with Crippen molar-refractivity contribution >= 4 is 17.6 Å². The molecule has 0 aliphatic heterocycles.